The van der Waals surface area contributed by atoms with Crippen LogP contribution in [0.3, 0.4) is 0 Å². The number of likely N-dealkylation sites (N-methyl/N-ethyl adjacent to an activating group) is 1. The third-order valence-corrected chi connectivity index (χ3v) is 4.64. The summed E-state index contributed by atoms with van der Waals surface area (Å²) in [6, 6.07) is 0.00302. The van der Waals surface area contributed by atoms with E-state index in [0.29, 0.717) is 0 Å². The Balaban J connectivity index is 2.72. The second-order valence-corrected chi connectivity index (χ2v) is 8.64. The molecule has 0 amide bonds. The topological polar surface area (TPSA) is 47.1 Å². The van der Waals surface area contributed by atoms with Crippen molar-refractivity contribution in [1.82, 2.24) is 14.7 Å². The van der Waals surface area contributed by atoms with Gasteiger partial charge in [0.2, 0.25) is 0 Å². The minimum Gasteiger partial charge on any atom is -0.322 e. The highest BCUT2D eigenvalue weighted by Gasteiger charge is 2.20. The standard InChI is InChI=1S/C13H25BrN4S/c1-13(2,3)19-9-11(15)12-10(14)8-16-18(12)7-6-17(4)5/h8,11H,6-7,9,15H2,1-5H3. The second kappa shape index (κ2) is 7.11. The van der Waals surface area contributed by atoms with E-state index in [-0.39, 0.29) is 10.8 Å². The van der Waals surface area contributed by atoms with Crippen molar-refractivity contribution in [3.05, 3.63) is 16.4 Å². The number of nitrogens with two attached hydrogens (primary N) is 1. The average molecular weight is 349 g/mol. The highest BCUT2D eigenvalue weighted by atomic mass is 79.9. The summed E-state index contributed by atoms with van der Waals surface area (Å²) in [7, 11) is 4.13. The Morgan fingerprint density at radius 3 is 2.63 bits per heavy atom. The molecule has 0 saturated carbocycles. The largest absolute Gasteiger partial charge is 0.322 e. The van der Waals surface area contributed by atoms with E-state index in [1.165, 1.54) is 0 Å². The molecule has 1 aromatic rings. The van der Waals surface area contributed by atoms with Crippen molar-refractivity contribution in [2.45, 2.75) is 38.1 Å². The lowest BCUT2D eigenvalue weighted by molar-refractivity contribution is 0.367. The summed E-state index contributed by atoms with van der Waals surface area (Å²) >= 11 is 5.44. The highest BCUT2D eigenvalue weighted by Crippen LogP contribution is 2.30. The molecular formula is C13H25BrN4S. The van der Waals surface area contributed by atoms with Gasteiger partial charge < -0.3 is 10.6 Å². The minimum atomic E-state index is 0.00302. The molecule has 0 aliphatic carbocycles. The smallest absolute Gasteiger partial charge is 0.0702 e. The summed E-state index contributed by atoms with van der Waals surface area (Å²) < 4.78 is 3.25. The van der Waals surface area contributed by atoms with E-state index in [1.54, 1.807) is 0 Å². The van der Waals surface area contributed by atoms with Crippen LogP contribution in [0, 0.1) is 0 Å². The molecule has 1 aromatic heterocycles. The number of rotatable bonds is 6. The Labute approximate surface area is 129 Å². The first-order valence-corrected chi connectivity index (χ1v) is 8.24. The van der Waals surface area contributed by atoms with Crippen LogP contribution in [0.15, 0.2) is 10.7 Å². The van der Waals surface area contributed by atoms with Crippen LogP contribution in [-0.4, -0.2) is 45.8 Å². The highest BCUT2D eigenvalue weighted by molar-refractivity contribution is 9.10. The summed E-state index contributed by atoms with van der Waals surface area (Å²) in [5.74, 6) is 0.899. The number of hydrogen-bond acceptors (Lipinski definition) is 4. The van der Waals surface area contributed by atoms with Crippen molar-refractivity contribution in [1.29, 1.82) is 0 Å². The fraction of sp³-hybridized carbons (Fsp3) is 0.769. The molecule has 2 N–H and O–H groups in total. The summed E-state index contributed by atoms with van der Waals surface area (Å²) in [4.78, 5) is 2.15. The summed E-state index contributed by atoms with van der Waals surface area (Å²) in [5.41, 5.74) is 7.43. The first kappa shape index (κ1) is 17.0. The number of aromatic nitrogens is 2. The molecule has 4 nitrogen and oxygen atoms in total. The third-order valence-electron chi connectivity index (χ3n) is 2.64. The predicted octanol–water partition coefficient (Wildman–Crippen LogP) is 2.74. The van der Waals surface area contributed by atoms with E-state index < -0.39 is 0 Å². The summed E-state index contributed by atoms with van der Waals surface area (Å²) in [6.45, 7) is 8.45. The maximum Gasteiger partial charge on any atom is 0.0702 e. The molecule has 0 bridgehead atoms. The van der Waals surface area contributed by atoms with Crippen molar-refractivity contribution >= 4 is 27.7 Å². The van der Waals surface area contributed by atoms with Gasteiger partial charge in [-0.2, -0.15) is 16.9 Å². The number of halogens is 1. The Morgan fingerprint density at radius 2 is 2.11 bits per heavy atom. The van der Waals surface area contributed by atoms with Crippen LogP contribution in [0.2, 0.25) is 0 Å². The van der Waals surface area contributed by atoms with Gasteiger partial charge in [0.15, 0.2) is 0 Å². The van der Waals surface area contributed by atoms with Crippen LogP contribution in [-0.2, 0) is 6.54 Å². The lowest BCUT2D eigenvalue weighted by atomic mass is 10.2. The van der Waals surface area contributed by atoms with Crippen molar-refractivity contribution in [3.63, 3.8) is 0 Å². The van der Waals surface area contributed by atoms with Crippen LogP contribution in [0.25, 0.3) is 0 Å². The normalized spacial score (nSPS) is 14.1. The molecule has 0 aliphatic rings. The molecule has 0 aromatic carbocycles. The summed E-state index contributed by atoms with van der Waals surface area (Å²) in [5, 5.41) is 4.41. The molecular weight excluding hydrogens is 324 g/mol. The van der Waals surface area contributed by atoms with Gasteiger partial charge in [-0.15, -0.1) is 0 Å². The van der Waals surface area contributed by atoms with Crippen LogP contribution in [0.5, 0.6) is 0 Å². The monoisotopic (exact) mass is 348 g/mol. The van der Waals surface area contributed by atoms with E-state index >= 15 is 0 Å². The second-order valence-electron chi connectivity index (χ2n) is 5.93. The predicted molar refractivity (Wildman–Crippen MR) is 87.6 cm³/mol. The first-order chi connectivity index (χ1) is 8.70. The van der Waals surface area contributed by atoms with Gasteiger partial charge in [-0.1, -0.05) is 20.8 Å². The molecule has 110 valence electrons. The fourth-order valence-corrected chi connectivity index (χ4v) is 3.06. The Hall–Kier alpha value is -0.0400. The maximum atomic E-state index is 6.33. The molecule has 1 heterocycles. The Kier molecular flexibility index (Phi) is 6.36. The molecule has 19 heavy (non-hydrogen) atoms. The van der Waals surface area contributed by atoms with Gasteiger partial charge in [-0.05, 0) is 30.0 Å². The average Bonchev–Trinajstić information content (AvgIpc) is 2.64. The minimum absolute atomic E-state index is 0.00302. The van der Waals surface area contributed by atoms with Gasteiger partial charge in [0, 0.05) is 17.0 Å². The van der Waals surface area contributed by atoms with Crippen molar-refractivity contribution in [2.24, 2.45) is 5.73 Å². The zero-order chi connectivity index (χ0) is 14.6. The van der Waals surface area contributed by atoms with E-state index in [2.05, 4.69) is 60.8 Å². The molecule has 1 rings (SSSR count). The first-order valence-electron chi connectivity index (χ1n) is 6.46. The van der Waals surface area contributed by atoms with E-state index in [9.17, 15) is 0 Å². The number of hydrogen-bond donors (Lipinski definition) is 1. The fourth-order valence-electron chi connectivity index (χ4n) is 1.63. The van der Waals surface area contributed by atoms with Gasteiger partial charge in [0.05, 0.1) is 29.0 Å². The van der Waals surface area contributed by atoms with E-state index in [0.717, 1.165) is 29.0 Å². The molecule has 0 saturated heterocycles. The van der Waals surface area contributed by atoms with Crippen molar-refractivity contribution in [2.75, 3.05) is 26.4 Å². The van der Waals surface area contributed by atoms with Gasteiger partial charge in [-0.25, -0.2) is 0 Å². The van der Waals surface area contributed by atoms with Gasteiger partial charge in [0.1, 0.15) is 0 Å². The third kappa shape index (κ3) is 5.85. The van der Waals surface area contributed by atoms with Gasteiger partial charge in [-0.3, -0.25) is 4.68 Å². The van der Waals surface area contributed by atoms with Crippen LogP contribution < -0.4 is 5.73 Å². The molecule has 0 aliphatic heterocycles. The molecule has 0 fully saturated rings. The summed E-state index contributed by atoms with van der Waals surface area (Å²) in [6.07, 6.45) is 1.84. The molecule has 1 atom stereocenters. The number of nitrogens with zero attached hydrogens (tertiary/aromatic N) is 3. The van der Waals surface area contributed by atoms with Crippen LogP contribution in [0.1, 0.15) is 32.5 Å². The number of thioether (sulfide) groups is 1. The zero-order valence-electron chi connectivity index (χ0n) is 12.5. The maximum absolute atomic E-state index is 6.33. The zero-order valence-corrected chi connectivity index (χ0v) is 14.9. The molecule has 6 heteroatoms. The van der Waals surface area contributed by atoms with Gasteiger partial charge in [0.25, 0.3) is 0 Å². The SMILES string of the molecule is CN(C)CCn1ncc(Br)c1C(N)CSC(C)(C)C. The van der Waals surface area contributed by atoms with Crippen molar-refractivity contribution < 1.29 is 0 Å². The molecule has 0 spiro atoms. The van der Waals surface area contributed by atoms with Crippen LogP contribution in [0.4, 0.5) is 0 Å². The van der Waals surface area contributed by atoms with E-state index in [4.69, 9.17) is 5.73 Å². The van der Waals surface area contributed by atoms with Gasteiger partial charge >= 0.3 is 0 Å². The Morgan fingerprint density at radius 1 is 1.47 bits per heavy atom. The lowest BCUT2D eigenvalue weighted by Crippen LogP contribution is -2.25. The lowest BCUT2D eigenvalue weighted by Gasteiger charge is -2.22. The van der Waals surface area contributed by atoms with Crippen LogP contribution >= 0.6 is 27.7 Å². The molecule has 0 radical (unpaired) electrons. The van der Waals surface area contributed by atoms with E-state index in [1.807, 2.05) is 22.6 Å². The molecule has 1 unspecified atom stereocenters. The van der Waals surface area contributed by atoms with Crippen molar-refractivity contribution in [3.8, 4) is 0 Å². The Bertz CT molecular complexity index is 398. The quantitative estimate of drug-likeness (QED) is 0.858.